The topological polar surface area (TPSA) is 81.4 Å². The van der Waals surface area contributed by atoms with E-state index in [1.54, 1.807) is 30.3 Å². The minimum atomic E-state index is -0.599. The Bertz CT molecular complexity index is 1710. The van der Waals surface area contributed by atoms with Crippen molar-refractivity contribution in [1.29, 1.82) is 0 Å². The van der Waals surface area contributed by atoms with E-state index in [2.05, 4.69) is 10.1 Å². The first-order valence-electron chi connectivity index (χ1n) is 11.4. The molecule has 0 atom stereocenters. The van der Waals surface area contributed by atoms with Crippen molar-refractivity contribution in [2.24, 2.45) is 5.10 Å². The van der Waals surface area contributed by atoms with E-state index >= 15 is 0 Å². The Kier molecular flexibility index (Phi) is 6.08. The average molecular weight is 483 g/mol. The number of nitrogens with one attached hydrogen (secondary N) is 1. The second kappa shape index (κ2) is 9.50. The van der Waals surface area contributed by atoms with Crippen LogP contribution in [-0.4, -0.2) is 20.4 Å². The molecule has 0 unspecified atom stereocenters. The number of benzene rings is 3. The Morgan fingerprint density at radius 3 is 2.53 bits per heavy atom. The third-order valence-electron chi connectivity index (χ3n) is 5.96. The second-order valence-electron chi connectivity index (χ2n) is 8.41. The van der Waals surface area contributed by atoms with Crippen LogP contribution in [0.25, 0.3) is 16.6 Å². The molecular formula is C28H23FN4O3. The molecule has 0 spiro atoms. The normalized spacial score (nSPS) is 11.4. The number of aryl methyl sites for hydroxylation is 1. The highest BCUT2D eigenvalue weighted by atomic mass is 19.1. The highest BCUT2D eigenvalue weighted by molar-refractivity contribution is 5.82. The molecule has 0 aliphatic rings. The van der Waals surface area contributed by atoms with Crippen LogP contribution >= 0.6 is 0 Å². The van der Waals surface area contributed by atoms with Crippen molar-refractivity contribution in [1.82, 2.24) is 14.2 Å². The summed E-state index contributed by atoms with van der Waals surface area (Å²) in [7, 11) is 0. The van der Waals surface area contributed by atoms with Crippen molar-refractivity contribution < 1.29 is 9.13 Å². The van der Waals surface area contributed by atoms with Gasteiger partial charge in [0.15, 0.2) is 0 Å². The molecule has 0 saturated heterocycles. The molecule has 5 aromatic rings. The molecule has 0 bridgehead atoms. The maximum absolute atomic E-state index is 13.4. The second-order valence-corrected chi connectivity index (χ2v) is 8.41. The lowest BCUT2D eigenvalue weighted by molar-refractivity contribution is 0.305. The van der Waals surface area contributed by atoms with Gasteiger partial charge in [-0.25, -0.2) is 9.18 Å². The minimum Gasteiger partial charge on any atom is -0.489 e. The predicted molar refractivity (Wildman–Crippen MR) is 138 cm³/mol. The molecule has 0 amide bonds. The summed E-state index contributed by atoms with van der Waals surface area (Å²) < 4.78 is 22.0. The first kappa shape index (κ1) is 23.0. The molecule has 3 aromatic carbocycles. The van der Waals surface area contributed by atoms with Crippen LogP contribution in [0.4, 0.5) is 4.39 Å². The number of ether oxygens (including phenoxy) is 1. The van der Waals surface area contributed by atoms with Gasteiger partial charge in [-0.05, 0) is 74.0 Å². The third-order valence-corrected chi connectivity index (χ3v) is 5.96. The number of aromatic nitrogens is 3. The summed E-state index contributed by atoms with van der Waals surface area (Å²) in [4.78, 5) is 27.8. The third kappa shape index (κ3) is 4.48. The largest absolute Gasteiger partial charge is 0.489 e. The summed E-state index contributed by atoms with van der Waals surface area (Å²) in [5, 5.41) is 4.57. The van der Waals surface area contributed by atoms with Crippen LogP contribution in [0, 0.1) is 19.7 Å². The fraction of sp³-hybridized carbons (Fsp3) is 0.107. The van der Waals surface area contributed by atoms with Gasteiger partial charge in [0, 0.05) is 22.6 Å². The molecule has 0 aliphatic heterocycles. The molecule has 8 heteroatoms. The maximum Gasteiger partial charge on any atom is 0.349 e. The quantitative estimate of drug-likeness (QED) is 0.356. The van der Waals surface area contributed by atoms with Crippen LogP contribution in [-0.2, 0) is 6.61 Å². The van der Waals surface area contributed by atoms with Crippen LogP contribution in [0.15, 0.2) is 93.6 Å². The standard InChI is InChI=1S/C28H23FN4O3/c1-18-14-21(16-30-33-27(34)25-8-3-4-9-26(25)31-28(33)35)19(2)32(18)23-10-12-24(13-11-23)36-17-20-6-5-7-22(29)15-20/h3-16H,17H2,1-2H3,(H,31,35). The molecule has 2 heterocycles. The molecule has 36 heavy (non-hydrogen) atoms. The van der Waals surface area contributed by atoms with E-state index in [0.29, 0.717) is 16.7 Å². The zero-order valence-corrected chi connectivity index (χ0v) is 19.7. The fourth-order valence-electron chi connectivity index (χ4n) is 4.18. The lowest BCUT2D eigenvalue weighted by Gasteiger charge is -2.11. The molecule has 180 valence electrons. The van der Waals surface area contributed by atoms with Gasteiger partial charge >= 0.3 is 5.69 Å². The minimum absolute atomic E-state index is 0.270. The number of para-hydroxylation sites is 1. The average Bonchev–Trinajstić information content (AvgIpc) is 3.15. The molecule has 5 rings (SSSR count). The summed E-state index contributed by atoms with van der Waals surface area (Å²) in [6.07, 6.45) is 1.51. The molecule has 1 N–H and O–H groups in total. The van der Waals surface area contributed by atoms with Gasteiger partial charge in [-0.3, -0.25) is 4.79 Å². The first-order chi connectivity index (χ1) is 17.4. The number of fused-ring (bicyclic) bond motifs is 1. The van der Waals surface area contributed by atoms with E-state index in [1.807, 2.05) is 54.8 Å². The summed E-state index contributed by atoms with van der Waals surface area (Å²) in [6, 6.07) is 22.6. The number of nitrogens with zero attached hydrogens (tertiary/aromatic N) is 3. The highest BCUT2D eigenvalue weighted by Gasteiger charge is 2.11. The lowest BCUT2D eigenvalue weighted by Crippen LogP contribution is -2.32. The van der Waals surface area contributed by atoms with Crippen LogP contribution in [0.1, 0.15) is 22.5 Å². The zero-order valence-electron chi connectivity index (χ0n) is 19.7. The van der Waals surface area contributed by atoms with Gasteiger partial charge in [0.05, 0.1) is 17.1 Å². The van der Waals surface area contributed by atoms with Crippen molar-refractivity contribution >= 4 is 17.1 Å². The Morgan fingerprint density at radius 2 is 1.75 bits per heavy atom. The molecular weight excluding hydrogens is 459 g/mol. The van der Waals surface area contributed by atoms with E-state index in [1.165, 1.54) is 18.3 Å². The van der Waals surface area contributed by atoms with Gasteiger partial charge in [0.1, 0.15) is 18.2 Å². The van der Waals surface area contributed by atoms with E-state index in [0.717, 1.165) is 32.9 Å². The summed E-state index contributed by atoms with van der Waals surface area (Å²) in [5.41, 5.74) is 3.70. The van der Waals surface area contributed by atoms with Crippen molar-refractivity contribution in [2.45, 2.75) is 20.5 Å². The van der Waals surface area contributed by atoms with Crippen LogP contribution in [0.2, 0.25) is 0 Å². The van der Waals surface area contributed by atoms with Gasteiger partial charge in [0.25, 0.3) is 5.56 Å². The van der Waals surface area contributed by atoms with Gasteiger partial charge in [-0.2, -0.15) is 5.10 Å². The molecule has 2 aromatic heterocycles. The zero-order chi connectivity index (χ0) is 25.2. The Morgan fingerprint density at radius 1 is 0.972 bits per heavy atom. The van der Waals surface area contributed by atoms with E-state index < -0.39 is 11.2 Å². The fourth-order valence-corrected chi connectivity index (χ4v) is 4.18. The number of H-pyrrole nitrogens is 1. The summed E-state index contributed by atoms with van der Waals surface area (Å²) in [5.74, 6) is 0.376. The summed E-state index contributed by atoms with van der Waals surface area (Å²) in [6.45, 7) is 4.18. The van der Waals surface area contributed by atoms with Gasteiger partial charge < -0.3 is 14.3 Å². The molecule has 7 nitrogen and oxygen atoms in total. The van der Waals surface area contributed by atoms with E-state index in [9.17, 15) is 14.0 Å². The Balaban J connectivity index is 1.39. The maximum atomic E-state index is 13.4. The number of rotatable bonds is 6. The van der Waals surface area contributed by atoms with E-state index in [-0.39, 0.29) is 12.4 Å². The van der Waals surface area contributed by atoms with Crippen molar-refractivity contribution in [3.63, 3.8) is 0 Å². The molecule has 0 saturated carbocycles. The van der Waals surface area contributed by atoms with Crippen molar-refractivity contribution in [3.8, 4) is 11.4 Å². The van der Waals surface area contributed by atoms with E-state index in [4.69, 9.17) is 4.74 Å². The van der Waals surface area contributed by atoms with Crippen molar-refractivity contribution in [2.75, 3.05) is 0 Å². The number of hydrogen-bond acceptors (Lipinski definition) is 4. The number of aromatic amines is 1. The van der Waals surface area contributed by atoms with Gasteiger partial charge in [-0.15, -0.1) is 4.68 Å². The lowest BCUT2D eigenvalue weighted by atomic mass is 10.2. The SMILES string of the molecule is Cc1cc(C=Nn2c(=O)[nH]c3ccccc3c2=O)c(C)n1-c1ccc(OCc2cccc(F)c2)cc1. The van der Waals surface area contributed by atoms with Crippen LogP contribution < -0.4 is 16.0 Å². The predicted octanol–water partition coefficient (Wildman–Crippen LogP) is 4.70. The Hall–Kier alpha value is -4.72. The number of hydrogen-bond donors (Lipinski definition) is 1. The molecule has 0 aliphatic carbocycles. The molecule has 0 fully saturated rings. The van der Waals surface area contributed by atoms with Crippen molar-refractivity contribution in [3.05, 3.63) is 128 Å². The van der Waals surface area contributed by atoms with Gasteiger partial charge in [0.2, 0.25) is 0 Å². The van der Waals surface area contributed by atoms with Crippen LogP contribution in [0.5, 0.6) is 5.75 Å². The monoisotopic (exact) mass is 482 g/mol. The smallest absolute Gasteiger partial charge is 0.349 e. The summed E-state index contributed by atoms with van der Waals surface area (Å²) >= 11 is 0. The van der Waals surface area contributed by atoms with Gasteiger partial charge in [-0.1, -0.05) is 24.3 Å². The Labute approximate surface area is 205 Å². The number of halogens is 1. The first-order valence-corrected chi connectivity index (χ1v) is 11.4. The molecule has 0 radical (unpaired) electrons. The highest BCUT2D eigenvalue weighted by Crippen LogP contribution is 2.22. The van der Waals surface area contributed by atoms with Crippen LogP contribution in [0.3, 0.4) is 0 Å².